The maximum Gasteiger partial charge on any atom is 0.278 e. The molecule has 0 bridgehead atoms. The summed E-state index contributed by atoms with van der Waals surface area (Å²) in [7, 11) is -0.153. The van der Waals surface area contributed by atoms with Crippen molar-refractivity contribution in [3.05, 3.63) is 0 Å². The summed E-state index contributed by atoms with van der Waals surface area (Å²) in [4.78, 5) is 0. The van der Waals surface area contributed by atoms with Gasteiger partial charge in [0.05, 0.1) is 0 Å². The Balaban J connectivity index is 3.46. The minimum Gasteiger partial charge on any atom is -0.202 e. The zero-order chi connectivity index (χ0) is 11.0. The molecule has 0 fully saturated rings. The van der Waals surface area contributed by atoms with E-state index < -0.39 is 10.2 Å². The van der Waals surface area contributed by atoms with Gasteiger partial charge < -0.3 is 0 Å². The van der Waals surface area contributed by atoms with E-state index in [0.717, 1.165) is 12.8 Å². The minimum absolute atomic E-state index is 0.546. The van der Waals surface area contributed by atoms with Crippen LogP contribution in [-0.4, -0.2) is 33.4 Å². The molecule has 0 saturated carbocycles. The van der Waals surface area contributed by atoms with Crippen molar-refractivity contribution < 1.29 is 8.42 Å². The molecule has 0 heterocycles. The molecular weight excluding hydrogens is 200 g/mol. The van der Waals surface area contributed by atoms with E-state index in [0.29, 0.717) is 6.54 Å². The molecule has 0 aromatic carbocycles. The molecule has 0 aliphatic carbocycles. The summed E-state index contributed by atoms with van der Waals surface area (Å²) in [6.07, 6.45) is 5.67. The molecule has 0 amide bonds. The lowest BCUT2D eigenvalue weighted by molar-refractivity contribution is 0.501. The van der Waals surface area contributed by atoms with Gasteiger partial charge in [-0.1, -0.05) is 32.6 Å². The zero-order valence-corrected chi connectivity index (χ0v) is 10.2. The first-order chi connectivity index (χ1) is 6.50. The Kier molecular flexibility index (Phi) is 7.13. The van der Waals surface area contributed by atoms with Gasteiger partial charge in [0.25, 0.3) is 10.2 Å². The quantitative estimate of drug-likeness (QED) is 0.630. The highest BCUT2D eigenvalue weighted by Gasteiger charge is 2.10. The van der Waals surface area contributed by atoms with E-state index >= 15 is 0 Å². The molecular formula is C9H22N2O2S. The molecule has 0 aromatic rings. The van der Waals surface area contributed by atoms with Crippen LogP contribution in [0.3, 0.4) is 0 Å². The van der Waals surface area contributed by atoms with Crippen LogP contribution in [0.1, 0.15) is 39.0 Å². The van der Waals surface area contributed by atoms with Gasteiger partial charge in [-0.15, -0.1) is 0 Å². The van der Waals surface area contributed by atoms with E-state index in [1.807, 2.05) is 0 Å². The Morgan fingerprint density at radius 3 is 2.14 bits per heavy atom. The van der Waals surface area contributed by atoms with E-state index in [1.54, 1.807) is 0 Å². The second kappa shape index (κ2) is 7.20. The Morgan fingerprint density at radius 1 is 1.07 bits per heavy atom. The summed E-state index contributed by atoms with van der Waals surface area (Å²) in [5, 5.41) is 0. The van der Waals surface area contributed by atoms with Crippen molar-refractivity contribution in [2.45, 2.75) is 39.0 Å². The van der Waals surface area contributed by atoms with Gasteiger partial charge in [0, 0.05) is 20.6 Å². The summed E-state index contributed by atoms with van der Waals surface area (Å²) in [5.41, 5.74) is 0. The Morgan fingerprint density at radius 2 is 1.64 bits per heavy atom. The Hall–Kier alpha value is -0.130. The lowest BCUT2D eigenvalue weighted by Gasteiger charge is -2.11. The van der Waals surface area contributed by atoms with Crippen molar-refractivity contribution >= 4 is 10.2 Å². The Bertz CT molecular complexity index is 225. The first-order valence-electron chi connectivity index (χ1n) is 5.18. The van der Waals surface area contributed by atoms with Gasteiger partial charge in [-0.3, -0.25) is 0 Å². The predicted octanol–water partition coefficient (Wildman–Crippen LogP) is 1.35. The summed E-state index contributed by atoms with van der Waals surface area (Å²) < 4.78 is 26.2. The molecule has 0 saturated heterocycles. The van der Waals surface area contributed by atoms with Gasteiger partial charge >= 0.3 is 0 Å². The molecule has 4 nitrogen and oxygen atoms in total. The van der Waals surface area contributed by atoms with Crippen LogP contribution in [0.25, 0.3) is 0 Å². The maximum absolute atomic E-state index is 11.2. The molecule has 1 N–H and O–H groups in total. The number of nitrogens with zero attached hydrogens (tertiary/aromatic N) is 1. The normalized spacial score (nSPS) is 12.3. The second-order valence-electron chi connectivity index (χ2n) is 3.60. The van der Waals surface area contributed by atoms with E-state index in [9.17, 15) is 8.42 Å². The molecule has 0 atom stereocenters. The molecule has 5 heteroatoms. The maximum atomic E-state index is 11.2. The average Bonchev–Trinajstić information content (AvgIpc) is 2.10. The smallest absolute Gasteiger partial charge is 0.202 e. The molecule has 0 radical (unpaired) electrons. The molecule has 86 valence electrons. The monoisotopic (exact) mass is 222 g/mol. The van der Waals surface area contributed by atoms with E-state index in [-0.39, 0.29) is 0 Å². The van der Waals surface area contributed by atoms with Crippen molar-refractivity contribution in [2.75, 3.05) is 20.6 Å². The van der Waals surface area contributed by atoms with Crippen LogP contribution in [0.15, 0.2) is 0 Å². The van der Waals surface area contributed by atoms with Gasteiger partial charge in [-0.2, -0.15) is 12.7 Å². The number of rotatable bonds is 8. The third kappa shape index (κ3) is 6.34. The van der Waals surface area contributed by atoms with Crippen LogP contribution < -0.4 is 4.72 Å². The van der Waals surface area contributed by atoms with Crippen LogP contribution in [-0.2, 0) is 10.2 Å². The van der Waals surface area contributed by atoms with Crippen molar-refractivity contribution in [2.24, 2.45) is 0 Å². The molecule has 14 heavy (non-hydrogen) atoms. The largest absolute Gasteiger partial charge is 0.278 e. The van der Waals surface area contributed by atoms with Crippen LogP contribution in [0.2, 0.25) is 0 Å². The van der Waals surface area contributed by atoms with Gasteiger partial charge in [0.2, 0.25) is 0 Å². The highest BCUT2D eigenvalue weighted by molar-refractivity contribution is 7.87. The van der Waals surface area contributed by atoms with Gasteiger partial charge in [0.15, 0.2) is 0 Å². The minimum atomic E-state index is -3.21. The number of unbranched alkanes of at least 4 members (excludes halogenated alkanes) is 4. The van der Waals surface area contributed by atoms with Crippen molar-refractivity contribution in [3.63, 3.8) is 0 Å². The highest BCUT2D eigenvalue weighted by Crippen LogP contribution is 2.01. The summed E-state index contributed by atoms with van der Waals surface area (Å²) in [5.74, 6) is 0. The summed E-state index contributed by atoms with van der Waals surface area (Å²) in [6, 6.07) is 0. The lowest BCUT2D eigenvalue weighted by atomic mass is 10.2. The van der Waals surface area contributed by atoms with Crippen molar-refractivity contribution in [3.8, 4) is 0 Å². The second-order valence-corrected chi connectivity index (χ2v) is 5.57. The van der Waals surface area contributed by atoms with Crippen LogP contribution in [0, 0.1) is 0 Å². The predicted molar refractivity (Wildman–Crippen MR) is 59.4 cm³/mol. The molecule has 0 aliphatic rings. The fraction of sp³-hybridized carbons (Fsp3) is 1.00. The zero-order valence-electron chi connectivity index (χ0n) is 9.41. The van der Waals surface area contributed by atoms with Gasteiger partial charge in [0.1, 0.15) is 0 Å². The molecule has 0 unspecified atom stereocenters. The molecule has 0 aliphatic heterocycles. The third-order valence-electron chi connectivity index (χ3n) is 2.05. The van der Waals surface area contributed by atoms with E-state index in [2.05, 4.69) is 11.6 Å². The summed E-state index contributed by atoms with van der Waals surface area (Å²) in [6.45, 7) is 2.71. The fourth-order valence-corrected chi connectivity index (χ4v) is 1.72. The Labute approximate surface area is 87.9 Å². The van der Waals surface area contributed by atoms with Crippen LogP contribution in [0.5, 0.6) is 0 Å². The van der Waals surface area contributed by atoms with Crippen molar-refractivity contribution in [1.82, 2.24) is 9.03 Å². The fourth-order valence-electron chi connectivity index (χ4n) is 1.06. The van der Waals surface area contributed by atoms with E-state index in [1.165, 1.54) is 37.7 Å². The van der Waals surface area contributed by atoms with Gasteiger partial charge in [-0.25, -0.2) is 4.72 Å². The lowest BCUT2D eigenvalue weighted by Crippen LogP contribution is -2.36. The van der Waals surface area contributed by atoms with Crippen LogP contribution in [0.4, 0.5) is 0 Å². The SMILES string of the molecule is CCCCCCCNS(=O)(=O)N(C)C. The molecule has 0 spiro atoms. The average molecular weight is 222 g/mol. The molecule has 0 aromatic heterocycles. The standard InChI is InChI=1S/C9H22N2O2S/c1-4-5-6-7-8-9-10-14(12,13)11(2)3/h10H,4-9H2,1-3H3. The summed E-state index contributed by atoms with van der Waals surface area (Å²) >= 11 is 0. The first-order valence-corrected chi connectivity index (χ1v) is 6.62. The van der Waals surface area contributed by atoms with Crippen molar-refractivity contribution in [1.29, 1.82) is 0 Å². The number of nitrogens with one attached hydrogen (secondary N) is 1. The number of hydrogen-bond donors (Lipinski definition) is 1. The third-order valence-corrected chi connectivity index (χ3v) is 3.58. The highest BCUT2D eigenvalue weighted by atomic mass is 32.2. The first kappa shape index (κ1) is 13.9. The van der Waals surface area contributed by atoms with E-state index in [4.69, 9.17) is 0 Å². The number of hydrogen-bond acceptors (Lipinski definition) is 2. The molecule has 0 rings (SSSR count). The topological polar surface area (TPSA) is 49.4 Å². The van der Waals surface area contributed by atoms with Gasteiger partial charge in [-0.05, 0) is 6.42 Å². The van der Waals surface area contributed by atoms with Crippen LogP contribution >= 0.6 is 0 Å².